The summed E-state index contributed by atoms with van der Waals surface area (Å²) in [5.41, 5.74) is 2.24. The average Bonchev–Trinajstić information content (AvgIpc) is 2.35. The molecule has 1 aromatic heterocycles. The fraction of sp³-hybridized carbons (Fsp3) is 0.417. The number of rotatable bonds is 3. The Morgan fingerprint density at radius 2 is 2.53 bits per heavy atom. The zero-order valence-electron chi connectivity index (χ0n) is 9.62. The monoisotopic (exact) mass is 231 g/mol. The molecule has 0 fully saturated rings. The van der Waals surface area contributed by atoms with Gasteiger partial charge in [-0.15, -0.1) is 0 Å². The molecule has 5 nitrogen and oxygen atoms in total. The van der Waals surface area contributed by atoms with Gasteiger partial charge in [0.2, 0.25) is 0 Å². The van der Waals surface area contributed by atoms with E-state index in [1.165, 1.54) is 6.92 Å². The maximum Gasteiger partial charge on any atom is 0.178 e. The molecule has 2 heterocycles. The van der Waals surface area contributed by atoms with E-state index in [9.17, 15) is 4.79 Å². The third-order valence-electron chi connectivity index (χ3n) is 2.67. The van der Waals surface area contributed by atoms with E-state index in [2.05, 4.69) is 10.3 Å². The Kier molecular flexibility index (Phi) is 3.35. The number of ketones is 1. The summed E-state index contributed by atoms with van der Waals surface area (Å²) in [6.45, 7) is 2.96. The Balaban J connectivity index is 2.43. The van der Waals surface area contributed by atoms with Gasteiger partial charge in [-0.2, -0.15) is 5.26 Å². The highest BCUT2D eigenvalue weighted by molar-refractivity contribution is 5.92. The zero-order valence-corrected chi connectivity index (χ0v) is 9.62. The number of Topliss-reactive ketones (excluding diaryl/α,β-unsaturated/α-hetero) is 1. The first kappa shape index (κ1) is 11.6. The molecule has 1 aliphatic rings. The highest BCUT2D eigenvalue weighted by Gasteiger charge is 2.18. The molecule has 0 atom stereocenters. The van der Waals surface area contributed by atoms with E-state index in [1.54, 1.807) is 6.07 Å². The topological polar surface area (TPSA) is 75.0 Å². The number of nitrogens with one attached hydrogen (secondary N) is 1. The predicted octanol–water partition coefficient (Wildman–Crippen LogP) is 0.832. The van der Waals surface area contributed by atoms with Crippen molar-refractivity contribution in [1.29, 1.82) is 5.26 Å². The first-order valence-corrected chi connectivity index (χ1v) is 5.46. The summed E-state index contributed by atoms with van der Waals surface area (Å²) in [4.78, 5) is 15.7. The van der Waals surface area contributed by atoms with E-state index < -0.39 is 0 Å². The third-order valence-corrected chi connectivity index (χ3v) is 2.67. The highest BCUT2D eigenvalue weighted by Crippen LogP contribution is 2.25. The Morgan fingerprint density at radius 3 is 3.24 bits per heavy atom. The third kappa shape index (κ3) is 2.43. The molecule has 0 aromatic carbocycles. The molecule has 0 unspecified atom stereocenters. The molecule has 1 N–H and O–H groups in total. The number of ether oxygens (including phenoxy) is 1. The average molecular weight is 231 g/mol. The molecule has 0 bridgehead atoms. The standard InChI is InChI=1S/C12H13N3O2/c1-8(16)10-6-12(17-5-3-13)9-2-4-14-7-11(9)15-10/h6,14H,2,4-5,7H2,1H3. The molecule has 1 aliphatic heterocycles. The summed E-state index contributed by atoms with van der Waals surface area (Å²) in [5, 5.41) is 11.7. The van der Waals surface area contributed by atoms with E-state index in [-0.39, 0.29) is 12.4 Å². The Morgan fingerprint density at radius 1 is 1.71 bits per heavy atom. The van der Waals surface area contributed by atoms with Crippen LogP contribution in [0.3, 0.4) is 0 Å². The molecular formula is C12H13N3O2. The molecule has 0 radical (unpaired) electrons. The lowest BCUT2D eigenvalue weighted by molar-refractivity contribution is 0.101. The number of aromatic nitrogens is 1. The maximum atomic E-state index is 11.4. The zero-order chi connectivity index (χ0) is 12.3. The van der Waals surface area contributed by atoms with Gasteiger partial charge in [-0.05, 0) is 13.0 Å². The molecule has 1 aromatic rings. The lowest BCUT2D eigenvalue weighted by Crippen LogP contribution is -2.26. The van der Waals surface area contributed by atoms with Crippen molar-refractivity contribution in [3.63, 3.8) is 0 Å². The minimum absolute atomic E-state index is 0.0127. The first-order chi connectivity index (χ1) is 8.22. The van der Waals surface area contributed by atoms with Crippen LogP contribution in [0.1, 0.15) is 28.7 Å². The number of nitriles is 1. The van der Waals surface area contributed by atoms with Gasteiger partial charge in [-0.1, -0.05) is 0 Å². The smallest absolute Gasteiger partial charge is 0.178 e. The lowest BCUT2D eigenvalue weighted by atomic mass is 10.0. The number of hydrogen-bond acceptors (Lipinski definition) is 5. The second kappa shape index (κ2) is 4.93. The summed E-state index contributed by atoms with van der Waals surface area (Å²) < 4.78 is 5.36. The van der Waals surface area contributed by atoms with Crippen LogP contribution >= 0.6 is 0 Å². The minimum Gasteiger partial charge on any atom is -0.478 e. The lowest BCUT2D eigenvalue weighted by Gasteiger charge is -2.19. The van der Waals surface area contributed by atoms with Crippen LogP contribution in [0.25, 0.3) is 0 Å². The quantitative estimate of drug-likeness (QED) is 0.780. The van der Waals surface area contributed by atoms with Crippen LogP contribution in [0.15, 0.2) is 6.07 Å². The van der Waals surface area contributed by atoms with Gasteiger partial charge in [-0.3, -0.25) is 4.79 Å². The Hall–Kier alpha value is -1.93. The Labute approximate surface area is 99.4 Å². The number of carbonyl (C=O) groups excluding carboxylic acids is 1. The molecule has 5 heteroatoms. The van der Waals surface area contributed by atoms with Crippen molar-refractivity contribution in [3.8, 4) is 11.8 Å². The minimum atomic E-state index is -0.0971. The van der Waals surface area contributed by atoms with Crippen LogP contribution in [-0.2, 0) is 13.0 Å². The molecule has 17 heavy (non-hydrogen) atoms. The van der Waals surface area contributed by atoms with Gasteiger partial charge in [0.05, 0.1) is 5.69 Å². The number of nitrogens with zero attached hydrogens (tertiary/aromatic N) is 2. The second-order valence-corrected chi connectivity index (χ2v) is 3.86. The van der Waals surface area contributed by atoms with Gasteiger partial charge in [0, 0.05) is 25.1 Å². The molecule has 0 spiro atoms. The molecule has 0 amide bonds. The van der Waals surface area contributed by atoms with Gasteiger partial charge in [0.15, 0.2) is 12.4 Å². The van der Waals surface area contributed by atoms with Crippen molar-refractivity contribution >= 4 is 5.78 Å². The molecule has 0 saturated carbocycles. The van der Waals surface area contributed by atoms with Gasteiger partial charge >= 0.3 is 0 Å². The predicted molar refractivity (Wildman–Crippen MR) is 60.8 cm³/mol. The fourth-order valence-corrected chi connectivity index (χ4v) is 1.85. The largest absolute Gasteiger partial charge is 0.478 e. The normalized spacial score (nSPS) is 13.6. The van der Waals surface area contributed by atoms with Gasteiger partial charge < -0.3 is 10.1 Å². The molecule has 0 saturated heterocycles. The summed E-state index contributed by atoms with van der Waals surface area (Å²) >= 11 is 0. The van der Waals surface area contributed by atoms with E-state index in [0.717, 1.165) is 24.2 Å². The molecule has 88 valence electrons. The number of fused-ring (bicyclic) bond motifs is 1. The van der Waals surface area contributed by atoms with Crippen molar-refractivity contribution in [2.45, 2.75) is 19.9 Å². The van der Waals surface area contributed by atoms with Gasteiger partial charge in [0.25, 0.3) is 0 Å². The van der Waals surface area contributed by atoms with E-state index in [1.807, 2.05) is 6.07 Å². The van der Waals surface area contributed by atoms with Crippen LogP contribution < -0.4 is 10.1 Å². The summed E-state index contributed by atoms with van der Waals surface area (Å²) in [6.07, 6.45) is 0.807. The van der Waals surface area contributed by atoms with Crippen molar-refractivity contribution in [2.75, 3.05) is 13.2 Å². The van der Waals surface area contributed by atoms with Gasteiger partial charge in [0.1, 0.15) is 17.5 Å². The summed E-state index contributed by atoms with van der Waals surface area (Å²) in [7, 11) is 0. The van der Waals surface area contributed by atoms with Gasteiger partial charge in [-0.25, -0.2) is 4.98 Å². The van der Waals surface area contributed by atoms with Crippen LogP contribution in [0, 0.1) is 11.3 Å². The number of hydrogen-bond donors (Lipinski definition) is 1. The van der Waals surface area contributed by atoms with Crippen LogP contribution in [0.2, 0.25) is 0 Å². The second-order valence-electron chi connectivity index (χ2n) is 3.86. The number of carbonyl (C=O) groups is 1. The number of pyridine rings is 1. The molecule has 2 rings (SSSR count). The highest BCUT2D eigenvalue weighted by atomic mass is 16.5. The van der Waals surface area contributed by atoms with Crippen molar-refractivity contribution in [2.24, 2.45) is 0 Å². The fourth-order valence-electron chi connectivity index (χ4n) is 1.85. The molecular weight excluding hydrogens is 218 g/mol. The van der Waals surface area contributed by atoms with Crippen molar-refractivity contribution in [1.82, 2.24) is 10.3 Å². The SMILES string of the molecule is CC(=O)c1cc(OCC#N)c2c(n1)CNCC2. The molecule has 0 aliphatic carbocycles. The first-order valence-electron chi connectivity index (χ1n) is 5.46. The van der Waals surface area contributed by atoms with Crippen molar-refractivity contribution < 1.29 is 9.53 Å². The van der Waals surface area contributed by atoms with E-state index in [4.69, 9.17) is 10.00 Å². The maximum absolute atomic E-state index is 11.4. The Bertz CT molecular complexity index is 491. The van der Waals surface area contributed by atoms with Crippen molar-refractivity contribution in [3.05, 3.63) is 23.0 Å². The van der Waals surface area contributed by atoms with E-state index >= 15 is 0 Å². The van der Waals surface area contributed by atoms with E-state index in [0.29, 0.717) is 18.0 Å². The summed E-state index contributed by atoms with van der Waals surface area (Å²) in [6, 6.07) is 3.56. The van der Waals surface area contributed by atoms with Crippen LogP contribution in [0.4, 0.5) is 0 Å². The van der Waals surface area contributed by atoms with Crippen LogP contribution in [0.5, 0.6) is 5.75 Å². The summed E-state index contributed by atoms with van der Waals surface area (Å²) in [5.74, 6) is 0.517. The van der Waals surface area contributed by atoms with Crippen LogP contribution in [-0.4, -0.2) is 23.9 Å².